The molecule has 0 saturated heterocycles. The van der Waals surface area contributed by atoms with Crippen LogP contribution in [0.3, 0.4) is 0 Å². The number of hydrogen-bond donors (Lipinski definition) is 1. The lowest BCUT2D eigenvalue weighted by molar-refractivity contribution is 0.872. The summed E-state index contributed by atoms with van der Waals surface area (Å²) in [6.07, 6.45) is 1.09. The van der Waals surface area contributed by atoms with Crippen LogP contribution >= 0.6 is 0 Å². The van der Waals surface area contributed by atoms with Crippen LogP contribution < -0.4 is 5.73 Å². The molecule has 0 spiro atoms. The minimum atomic E-state index is -0.205. The summed E-state index contributed by atoms with van der Waals surface area (Å²) in [6.45, 7) is 12.6. The van der Waals surface area contributed by atoms with Crippen molar-refractivity contribution in [3.63, 3.8) is 0 Å². The molecule has 0 aliphatic rings. The van der Waals surface area contributed by atoms with Gasteiger partial charge in [-0.15, -0.1) is 13.2 Å². The van der Waals surface area contributed by atoms with E-state index in [0.717, 1.165) is 17.5 Å². The summed E-state index contributed by atoms with van der Waals surface area (Å²) in [4.78, 5) is 0. The predicted octanol–water partition coefficient (Wildman–Crippen LogP) is 16.5. The van der Waals surface area contributed by atoms with Crippen molar-refractivity contribution >= 4 is 32.3 Å². The largest absolute Gasteiger partial charge is 0.320 e. The summed E-state index contributed by atoms with van der Waals surface area (Å²) in [5, 5.41) is 7.77. The molecule has 1 atom stereocenters. The number of benzene rings is 10. The normalized spacial score (nSPS) is 11.4. The number of hydrogen-bond acceptors (Lipinski definition) is 1. The van der Waals surface area contributed by atoms with Crippen LogP contribution in [0.5, 0.6) is 0 Å². The number of fused-ring (bicyclic) bond motifs is 6. The monoisotopic (exact) mass is 799 g/mol. The minimum Gasteiger partial charge on any atom is -0.320 e. The van der Waals surface area contributed by atoms with E-state index in [1.54, 1.807) is 0 Å². The molecule has 10 aromatic rings. The molecule has 10 rings (SSSR count). The Kier molecular flexibility index (Phi) is 12.7. The van der Waals surface area contributed by atoms with Crippen LogP contribution in [0, 0.1) is 13.8 Å². The van der Waals surface area contributed by atoms with Gasteiger partial charge in [-0.3, -0.25) is 0 Å². The fraction of sp³-hybridized carbons (Fsp3) is 0.0820. The Morgan fingerprint density at radius 3 is 1.52 bits per heavy atom. The lowest BCUT2D eigenvalue weighted by atomic mass is 9.85. The summed E-state index contributed by atoms with van der Waals surface area (Å²) in [5.74, 6) is 0. The molecule has 10 aromatic carbocycles. The maximum Gasteiger partial charge on any atom is 0.0557 e. The van der Waals surface area contributed by atoms with Crippen molar-refractivity contribution in [1.29, 1.82) is 0 Å². The second kappa shape index (κ2) is 18.9. The lowest BCUT2D eigenvalue weighted by Gasteiger charge is -2.21. The molecule has 0 bridgehead atoms. The summed E-state index contributed by atoms with van der Waals surface area (Å²) in [7, 11) is 0. The average Bonchev–Trinajstić information content (AvgIpc) is 3.35. The van der Waals surface area contributed by atoms with Crippen molar-refractivity contribution in [2.75, 3.05) is 0 Å². The minimum absolute atomic E-state index is 0.205. The molecule has 62 heavy (non-hydrogen) atoms. The molecule has 0 radical (unpaired) electrons. The zero-order valence-electron chi connectivity index (χ0n) is 36.0. The van der Waals surface area contributed by atoms with E-state index in [4.69, 9.17) is 5.73 Å². The van der Waals surface area contributed by atoms with Crippen LogP contribution in [-0.2, 0) is 6.42 Å². The number of rotatable bonds is 7. The Bertz CT molecular complexity index is 3090. The average molecular weight is 800 g/mol. The maximum atomic E-state index is 6.91. The zero-order valence-corrected chi connectivity index (χ0v) is 36.0. The highest BCUT2D eigenvalue weighted by Gasteiger charge is 2.18. The van der Waals surface area contributed by atoms with E-state index in [1.165, 1.54) is 93.5 Å². The van der Waals surface area contributed by atoms with Gasteiger partial charge in [0.25, 0.3) is 0 Å². The van der Waals surface area contributed by atoms with Gasteiger partial charge in [0.15, 0.2) is 0 Å². The van der Waals surface area contributed by atoms with Crippen molar-refractivity contribution in [2.45, 2.75) is 33.2 Å². The van der Waals surface area contributed by atoms with Gasteiger partial charge in [0, 0.05) is 0 Å². The Hall–Kier alpha value is -7.32. The second-order valence-electron chi connectivity index (χ2n) is 15.8. The van der Waals surface area contributed by atoms with Gasteiger partial charge in [-0.2, -0.15) is 0 Å². The SMILES string of the molecule is C=C.CCc1ccccc1-c1ccccc1.Cc1ccc(-c2cccc(-c3ccc4c5ccccc5c5ccccc5c4c3)c2)cc1-c1c(C)cccc1C(N)c1ccccc1. The highest BCUT2D eigenvalue weighted by molar-refractivity contribution is 6.25. The van der Waals surface area contributed by atoms with E-state index in [9.17, 15) is 0 Å². The molecule has 0 saturated carbocycles. The molecule has 2 N–H and O–H groups in total. The fourth-order valence-electron chi connectivity index (χ4n) is 8.92. The van der Waals surface area contributed by atoms with Gasteiger partial charge in [-0.05, 0) is 143 Å². The van der Waals surface area contributed by atoms with Gasteiger partial charge < -0.3 is 5.73 Å². The number of nitrogens with two attached hydrogens (primary N) is 1. The predicted molar refractivity (Wildman–Crippen MR) is 270 cm³/mol. The van der Waals surface area contributed by atoms with Crippen molar-refractivity contribution < 1.29 is 0 Å². The molecule has 0 aromatic heterocycles. The highest BCUT2D eigenvalue weighted by Crippen LogP contribution is 2.40. The van der Waals surface area contributed by atoms with Crippen molar-refractivity contribution in [3.8, 4) is 44.5 Å². The fourth-order valence-corrected chi connectivity index (χ4v) is 8.92. The second-order valence-corrected chi connectivity index (χ2v) is 15.8. The quantitative estimate of drug-likeness (QED) is 0.126. The summed E-state index contributed by atoms with van der Waals surface area (Å²) in [5.41, 5.74) is 23.0. The van der Waals surface area contributed by atoms with E-state index < -0.39 is 0 Å². The summed E-state index contributed by atoms with van der Waals surface area (Å²) in [6, 6.07) is 76.0. The molecule has 302 valence electrons. The first kappa shape index (κ1) is 41.4. The Morgan fingerprint density at radius 2 is 0.871 bits per heavy atom. The van der Waals surface area contributed by atoms with E-state index in [-0.39, 0.29) is 6.04 Å². The summed E-state index contributed by atoms with van der Waals surface area (Å²) < 4.78 is 0. The topological polar surface area (TPSA) is 26.0 Å². The van der Waals surface area contributed by atoms with Crippen LogP contribution in [0.2, 0.25) is 0 Å². The Balaban J connectivity index is 0.000000279. The van der Waals surface area contributed by atoms with Gasteiger partial charge in [-0.25, -0.2) is 0 Å². The molecule has 1 nitrogen and oxygen atoms in total. The van der Waals surface area contributed by atoms with Crippen LogP contribution in [0.4, 0.5) is 0 Å². The van der Waals surface area contributed by atoms with E-state index in [0.29, 0.717) is 0 Å². The molecule has 0 aliphatic heterocycles. The van der Waals surface area contributed by atoms with E-state index >= 15 is 0 Å². The van der Waals surface area contributed by atoms with Crippen molar-refractivity contribution in [2.24, 2.45) is 5.73 Å². The van der Waals surface area contributed by atoms with Gasteiger partial charge in [-0.1, -0.05) is 201 Å². The lowest BCUT2D eigenvalue weighted by Crippen LogP contribution is -2.13. The van der Waals surface area contributed by atoms with Crippen molar-refractivity contribution in [3.05, 3.63) is 253 Å². The summed E-state index contributed by atoms with van der Waals surface area (Å²) >= 11 is 0. The molecule has 0 heterocycles. The van der Waals surface area contributed by atoms with Crippen LogP contribution in [-0.4, -0.2) is 0 Å². The van der Waals surface area contributed by atoms with Crippen LogP contribution in [0.15, 0.2) is 225 Å². The van der Waals surface area contributed by atoms with E-state index in [2.05, 4.69) is 240 Å². The third-order valence-corrected chi connectivity index (χ3v) is 12.1. The molecule has 0 amide bonds. The molecule has 0 fully saturated rings. The molecule has 1 unspecified atom stereocenters. The van der Waals surface area contributed by atoms with E-state index in [1.807, 2.05) is 6.07 Å². The van der Waals surface area contributed by atoms with Gasteiger partial charge in [0.1, 0.15) is 0 Å². The molecule has 1 heteroatoms. The van der Waals surface area contributed by atoms with Gasteiger partial charge in [0.2, 0.25) is 0 Å². The van der Waals surface area contributed by atoms with Gasteiger partial charge >= 0.3 is 0 Å². The maximum absolute atomic E-state index is 6.91. The first-order valence-corrected chi connectivity index (χ1v) is 21.6. The smallest absolute Gasteiger partial charge is 0.0557 e. The molecular formula is C61H53N. The van der Waals surface area contributed by atoms with Crippen LogP contribution in [0.1, 0.15) is 40.8 Å². The van der Waals surface area contributed by atoms with Crippen LogP contribution in [0.25, 0.3) is 76.8 Å². The standard InChI is InChI=1S/C45H35N.C14H14.C2H4/c1-29-22-23-34(27-42(29)44-30(2)12-10-21-41(44)45(46)31-13-4-3-5-14-31)32-15-11-16-33(26-32)35-24-25-40-38-19-7-6-17-36(38)37-18-8-9-20-39(37)43(40)28-35;1-2-12-8-6-7-11-14(12)13-9-4-3-5-10-13;1-2/h3-28,45H,46H2,1-2H3;3-11H,2H2,1H3;1-2H2. The molecular weight excluding hydrogens is 747 g/mol. The third-order valence-electron chi connectivity index (χ3n) is 12.1. The van der Waals surface area contributed by atoms with Crippen molar-refractivity contribution in [1.82, 2.24) is 0 Å². The zero-order chi connectivity index (χ0) is 43.0. The first-order chi connectivity index (χ1) is 30.5. The highest BCUT2D eigenvalue weighted by atomic mass is 14.6. The molecule has 0 aliphatic carbocycles. The third kappa shape index (κ3) is 8.37. The number of aryl methyl sites for hydroxylation is 3. The van der Waals surface area contributed by atoms with Gasteiger partial charge in [0.05, 0.1) is 6.04 Å². The first-order valence-electron chi connectivity index (χ1n) is 21.6. The Morgan fingerprint density at radius 1 is 0.387 bits per heavy atom. The Labute approximate surface area is 367 Å².